The summed E-state index contributed by atoms with van der Waals surface area (Å²) in [6.45, 7) is 0.508. The van der Waals surface area contributed by atoms with Crippen LogP contribution in [-0.4, -0.2) is 32.9 Å². The monoisotopic (exact) mass is 238 g/mol. The first-order valence-electron chi connectivity index (χ1n) is 4.37. The van der Waals surface area contributed by atoms with Crippen LogP contribution in [0.15, 0.2) is 18.9 Å². The molecule has 7 nitrogen and oxygen atoms in total. The summed E-state index contributed by atoms with van der Waals surface area (Å²) in [5, 5.41) is 0. The zero-order valence-corrected chi connectivity index (χ0v) is 9.00. The van der Waals surface area contributed by atoms with Crippen molar-refractivity contribution < 1.29 is 14.1 Å². The second kappa shape index (κ2) is 5.42. The van der Waals surface area contributed by atoms with E-state index >= 15 is 0 Å². The van der Waals surface area contributed by atoms with Crippen molar-refractivity contribution in [1.29, 1.82) is 0 Å². The van der Waals surface area contributed by atoms with Crippen LogP contribution in [0.4, 0.5) is 0 Å². The van der Waals surface area contributed by atoms with Gasteiger partial charge in [-0.15, -0.1) is 0 Å². The number of rotatable bonds is 4. The van der Waals surface area contributed by atoms with Crippen molar-refractivity contribution in [3.63, 3.8) is 0 Å². The van der Waals surface area contributed by atoms with Crippen LogP contribution in [0.5, 0.6) is 0 Å². The van der Waals surface area contributed by atoms with Crippen molar-refractivity contribution in [2.45, 2.75) is 0 Å². The molecule has 0 aliphatic carbocycles. The van der Waals surface area contributed by atoms with Gasteiger partial charge in [-0.05, 0) is 0 Å². The predicted octanol–water partition coefficient (Wildman–Crippen LogP) is 0.431. The van der Waals surface area contributed by atoms with Crippen molar-refractivity contribution >= 4 is 7.92 Å². The van der Waals surface area contributed by atoms with Crippen molar-refractivity contribution in [3.8, 4) is 17.3 Å². The number of hydrogen-bond donors (Lipinski definition) is 0. The minimum atomic E-state index is -0.281. The number of imidazole rings is 1. The van der Waals surface area contributed by atoms with Gasteiger partial charge in [0.2, 0.25) is 0 Å². The molecule has 8 heteroatoms. The molecule has 2 heterocycles. The second-order valence-corrected chi connectivity index (χ2v) is 3.03. The Kier molecular flexibility index (Phi) is 3.66. The van der Waals surface area contributed by atoms with Crippen molar-refractivity contribution in [1.82, 2.24) is 19.7 Å². The maximum absolute atomic E-state index is 9.96. The molecule has 0 saturated carbocycles. The molecule has 0 atom stereocenters. The molecule has 2 rings (SSSR count). The Morgan fingerprint density at radius 2 is 2.38 bits per heavy atom. The third-order valence-electron chi connectivity index (χ3n) is 1.70. The summed E-state index contributed by atoms with van der Waals surface area (Å²) in [4.78, 5) is 17.2. The van der Waals surface area contributed by atoms with Crippen LogP contribution in [0.3, 0.4) is 0 Å². The van der Waals surface area contributed by atoms with Crippen LogP contribution < -0.4 is 4.84 Å². The standard InChI is InChI=1S/C8H7N4O3P/c13-16-6-14-1-2-15-12-5-9-3-7-8(12)11-4-10-7/h3-5H,1-2H2. The van der Waals surface area contributed by atoms with Crippen molar-refractivity contribution in [3.05, 3.63) is 18.9 Å². The fourth-order valence-corrected chi connectivity index (χ4v) is 1.24. The van der Waals surface area contributed by atoms with Gasteiger partial charge in [-0.1, -0.05) is 0 Å². The van der Waals surface area contributed by atoms with E-state index in [4.69, 9.17) is 9.57 Å². The van der Waals surface area contributed by atoms with E-state index in [1.165, 1.54) is 17.4 Å². The predicted molar refractivity (Wildman–Crippen MR) is 53.3 cm³/mol. The summed E-state index contributed by atoms with van der Waals surface area (Å²) in [7, 11) is -0.281. The Morgan fingerprint density at radius 1 is 1.44 bits per heavy atom. The van der Waals surface area contributed by atoms with Gasteiger partial charge < -0.3 is 0 Å². The Balaban J connectivity index is 1.96. The first kappa shape index (κ1) is 10.8. The fourth-order valence-electron chi connectivity index (χ4n) is 1.09. The zero-order valence-electron chi connectivity index (χ0n) is 8.11. The summed E-state index contributed by atoms with van der Waals surface area (Å²) in [6.07, 6.45) is 4.51. The Morgan fingerprint density at radius 3 is 3.25 bits per heavy atom. The van der Waals surface area contributed by atoms with Gasteiger partial charge in [0.1, 0.15) is 0 Å². The van der Waals surface area contributed by atoms with E-state index < -0.39 is 0 Å². The van der Waals surface area contributed by atoms with E-state index in [0.717, 1.165) is 0 Å². The molecular weight excluding hydrogens is 231 g/mol. The molecule has 0 saturated heterocycles. The number of ether oxygens (including phenoxy) is 1. The molecule has 82 valence electrons. The molecule has 0 aromatic heterocycles. The average Bonchev–Trinajstić information content (AvgIpc) is 2.77. The minimum absolute atomic E-state index is 0.243. The number of fused-ring (bicyclic) bond motifs is 1. The maximum atomic E-state index is 9.96. The van der Waals surface area contributed by atoms with E-state index in [-0.39, 0.29) is 21.1 Å². The second-order valence-electron chi connectivity index (χ2n) is 2.67. The molecule has 2 aliphatic heterocycles. The van der Waals surface area contributed by atoms with Crippen LogP contribution in [0, 0.1) is 5.81 Å². The van der Waals surface area contributed by atoms with E-state index in [9.17, 15) is 4.57 Å². The molecule has 16 heavy (non-hydrogen) atoms. The van der Waals surface area contributed by atoms with Crippen LogP contribution in [0.2, 0.25) is 0 Å². The van der Waals surface area contributed by atoms with Crippen LogP contribution >= 0.6 is 7.92 Å². The third-order valence-corrected chi connectivity index (χ3v) is 1.90. The first-order valence-corrected chi connectivity index (χ1v) is 5.18. The van der Waals surface area contributed by atoms with Crippen LogP contribution in [0.1, 0.15) is 0 Å². The average molecular weight is 238 g/mol. The molecule has 2 aliphatic rings. The van der Waals surface area contributed by atoms with Gasteiger partial charge in [0.25, 0.3) is 0 Å². The molecule has 0 amide bonds. The van der Waals surface area contributed by atoms with Crippen LogP contribution in [-0.2, 0) is 9.30 Å². The Bertz CT molecular complexity index is 537. The SMILES string of the molecule is O=P#COCCOn1cncc2ncnc1-2. The summed E-state index contributed by atoms with van der Waals surface area (Å²) in [5.74, 6) is 2.74. The molecule has 0 aromatic rings. The molecule has 0 fully saturated rings. The van der Waals surface area contributed by atoms with Gasteiger partial charge in [-0.25, -0.2) is 0 Å². The molecule has 0 unspecified atom stereocenters. The van der Waals surface area contributed by atoms with Crippen LogP contribution in [0.25, 0.3) is 11.5 Å². The Labute approximate surface area is 91.9 Å². The molecule has 0 spiro atoms. The quantitative estimate of drug-likeness (QED) is 0.567. The summed E-state index contributed by atoms with van der Waals surface area (Å²) >= 11 is 0. The summed E-state index contributed by atoms with van der Waals surface area (Å²) in [5.41, 5.74) is 0.652. The molecule has 0 radical (unpaired) electrons. The number of aromatic nitrogens is 4. The first-order chi connectivity index (χ1) is 7.92. The third kappa shape index (κ3) is 2.46. The zero-order chi connectivity index (χ0) is 11.2. The molecular formula is C8H7N4O3P. The molecule has 0 N–H and O–H groups in total. The van der Waals surface area contributed by atoms with Crippen molar-refractivity contribution in [2.24, 2.45) is 0 Å². The molecule has 0 bridgehead atoms. The van der Waals surface area contributed by atoms with Gasteiger partial charge in [0, 0.05) is 0 Å². The van der Waals surface area contributed by atoms with Gasteiger partial charge in [0.05, 0.1) is 0 Å². The normalized spacial score (nSPS) is 10.0. The van der Waals surface area contributed by atoms with Gasteiger partial charge in [0.15, 0.2) is 0 Å². The fraction of sp³-hybridized carbons (Fsp3) is 0.250. The Hall–Kier alpha value is -1.68. The number of hydrogen-bond acceptors (Lipinski definition) is 6. The van der Waals surface area contributed by atoms with Gasteiger partial charge in [-0.2, -0.15) is 0 Å². The molecule has 0 aromatic carbocycles. The van der Waals surface area contributed by atoms with E-state index in [2.05, 4.69) is 20.8 Å². The van der Waals surface area contributed by atoms with Gasteiger partial charge in [-0.3, -0.25) is 0 Å². The van der Waals surface area contributed by atoms with E-state index in [1.54, 1.807) is 6.20 Å². The van der Waals surface area contributed by atoms with Gasteiger partial charge >= 0.3 is 91.1 Å². The van der Waals surface area contributed by atoms with E-state index in [1.807, 2.05) is 0 Å². The van der Waals surface area contributed by atoms with Crippen molar-refractivity contribution in [2.75, 3.05) is 13.2 Å². The topological polar surface area (TPSA) is 79.1 Å². The summed E-state index contributed by atoms with van der Waals surface area (Å²) in [6, 6.07) is 0. The van der Waals surface area contributed by atoms with E-state index in [0.29, 0.717) is 11.5 Å². The number of nitrogens with zero attached hydrogens (tertiary/aromatic N) is 4. The summed E-state index contributed by atoms with van der Waals surface area (Å²) < 4.78 is 16.1.